The Balaban J connectivity index is 2.77. The van der Waals surface area contributed by atoms with Gasteiger partial charge < -0.3 is 10.1 Å². The summed E-state index contributed by atoms with van der Waals surface area (Å²) in [5, 5.41) is 2.68. The van der Waals surface area contributed by atoms with Crippen molar-refractivity contribution in [2.24, 2.45) is 11.3 Å². The third-order valence-electron chi connectivity index (χ3n) is 2.78. The molecular formula is C11H19NO3. The van der Waals surface area contributed by atoms with E-state index in [0.717, 1.165) is 0 Å². The van der Waals surface area contributed by atoms with Gasteiger partial charge >= 0.3 is 5.97 Å². The first-order valence-electron chi connectivity index (χ1n) is 5.32. The van der Waals surface area contributed by atoms with Gasteiger partial charge in [0, 0.05) is 12.3 Å². The topological polar surface area (TPSA) is 55.4 Å². The van der Waals surface area contributed by atoms with Crippen LogP contribution in [0.4, 0.5) is 0 Å². The second kappa shape index (κ2) is 4.21. The number of esters is 1. The van der Waals surface area contributed by atoms with Gasteiger partial charge in [-0.1, -0.05) is 20.8 Å². The molecule has 15 heavy (non-hydrogen) atoms. The molecule has 0 aromatic carbocycles. The summed E-state index contributed by atoms with van der Waals surface area (Å²) < 4.78 is 4.95. The highest BCUT2D eigenvalue weighted by molar-refractivity contribution is 5.89. The molecular weight excluding hydrogens is 194 g/mol. The lowest BCUT2D eigenvalue weighted by molar-refractivity contribution is -0.147. The van der Waals surface area contributed by atoms with Crippen molar-refractivity contribution in [2.45, 2.75) is 40.2 Å². The van der Waals surface area contributed by atoms with Crippen LogP contribution >= 0.6 is 0 Å². The maximum Gasteiger partial charge on any atom is 0.328 e. The largest absolute Gasteiger partial charge is 0.464 e. The molecule has 0 radical (unpaired) electrons. The van der Waals surface area contributed by atoms with Crippen LogP contribution in [0.15, 0.2) is 0 Å². The summed E-state index contributed by atoms with van der Waals surface area (Å²) in [6, 6.07) is -0.475. The van der Waals surface area contributed by atoms with E-state index in [1.165, 1.54) is 0 Å². The molecule has 1 heterocycles. The molecule has 1 aliphatic rings. The zero-order valence-corrected chi connectivity index (χ0v) is 9.79. The Morgan fingerprint density at radius 2 is 2.13 bits per heavy atom. The van der Waals surface area contributed by atoms with Crippen LogP contribution in [-0.4, -0.2) is 24.5 Å². The molecule has 0 spiro atoms. The zero-order chi connectivity index (χ0) is 11.6. The Labute approximate surface area is 90.4 Å². The Morgan fingerprint density at radius 1 is 1.53 bits per heavy atom. The monoisotopic (exact) mass is 213 g/mol. The Hall–Kier alpha value is -1.06. The maximum absolute atomic E-state index is 11.6. The first-order valence-corrected chi connectivity index (χ1v) is 5.32. The van der Waals surface area contributed by atoms with Gasteiger partial charge in [0.1, 0.15) is 6.04 Å². The summed E-state index contributed by atoms with van der Waals surface area (Å²) in [5.41, 5.74) is -0.0728. The van der Waals surface area contributed by atoms with Crippen LogP contribution in [0.5, 0.6) is 0 Å². The summed E-state index contributed by atoms with van der Waals surface area (Å²) in [6.45, 7) is 8.21. The molecule has 0 aromatic rings. The predicted octanol–water partition coefficient (Wildman–Crippen LogP) is 1.10. The fourth-order valence-electron chi connectivity index (χ4n) is 1.91. The quantitative estimate of drug-likeness (QED) is 0.699. The van der Waals surface area contributed by atoms with Crippen molar-refractivity contribution in [2.75, 3.05) is 6.61 Å². The van der Waals surface area contributed by atoms with E-state index in [1.54, 1.807) is 6.92 Å². The van der Waals surface area contributed by atoms with E-state index in [0.29, 0.717) is 13.0 Å². The molecule has 1 amide bonds. The molecule has 2 atom stereocenters. The first-order chi connectivity index (χ1) is 6.86. The van der Waals surface area contributed by atoms with E-state index in [-0.39, 0.29) is 23.2 Å². The highest BCUT2D eigenvalue weighted by Gasteiger charge is 2.44. The molecule has 2 unspecified atom stereocenters. The van der Waals surface area contributed by atoms with Gasteiger partial charge in [-0.2, -0.15) is 0 Å². The van der Waals surface area contributed by atoms with Gasteiger partial charge in [-0.05, 0) is 12.3 Å². The number of hydrogen-bond acceptors (Lipinski definition) is 3. The summed E-state index contributed by atoms with van der Waals surface area (Å²) >= 11 is 0. The molecule has 0 aliphatic carbocycles. The number of carbonyl (C=O) groups excluding carboxylic acids is 2. The fraction of sp³-hybridized carbons (Fsp3) is 0.818. The minimum absolute atomic E-state index is 0.0176. The molecule has 0 bridgehead atoms. The lowest BCUT2D eigenvalue weighted by atomic mass is 9.76. The van der Waals surface area contributed by atoms with Gasteiger partial charge in [-0.15, -0.1) is 0 Å². The van der Waals surface area contributed by atoms with Crippen LogP contribution in [0, 0.1) is 11.3 Å². The van der Waals surface area contributed by atoms with Gasteiger partial charge in [-0.3, -0.25) is 4.79 Å². The van der Waals surface area contributed by atoms with E-state index in [4.69, 9.17) is 4.74 Å². The van der Waals surface area contributed by atoms with Crippen LogP contribution in [0.25, 0.3) is 0 Å². The highest BCUT2D eigenvalue weighted by Crippen LogP contribution is 2.35. The Kier molecular flexibility index (Phi) is 3.37. The van der Waals surface area contributed by atoms with Crippen LogP contribution in [-0.2, 0) is 14.3 Å². The summed E-state index contributed by atoms with van der Waals surface area (Å²) in [4.78, 5) is 22.9. The average molecular weight is 213 g/mol. The first kappa shape index (κ1) is 12.0. The van der Waals surface area contributed by atoms with Gasteiger partial charge in [0.05, 0.1) is 6.61 Å². The number of ether oxygens (including phenoxy) is 1. The van der Waals surface area contributed by atoms with Crippen LogP contribution < -0.4 is 5.32 Å². The van der Waals surface area contributed by atoms with E-state index in [1.807, 2.05) is 20.8 Å². The fourth-order valence-corrected chi connectivity index (χ4v) is 1.91. The average Bonchev–Trinajstić information content (AvgIpc) is 2.47. The van der Waals surface area contributed by atoms with Gasteiger partial charge in [0.2, 0.25) is 5.91 Å². The normalized spacial score (nSPS) is 26.3. The van der Waals surface area contributed by atoms with Gasteiger partial charge in [0.25, 0.3) is 0 Å². The molecule has 86 valence electrons. The SMILES string of the molecule is CCOC(=O)C1NC(=O)CC1C(C)(C)C. The van der Waals surface area contributed by atoms with Crippen LogP contribution in [0.2, 0.25) is 0 Å². The number of carbonyl (C=O) groups is 2. The molecule has 1 N–H and O–H groups in total. The molecule has 0 aromatic heterocycles. The summed E-state index contributed by atoms with van der Waals surface area (Å²) in [6.07, 6.45) is 0.410. The molecule has 1 aliphatic heterocycles. The summed E-state index contributed by atoms with van der Waals surface area (Å²) in [7, 11) is 0. The minimum atomic E-state index is -0.475. The predicted molar refractivity (Wildman–Crippen MR) is 56.1 cm³/mol. The van der Waals surface area contributed by atoms with Crippen molar-refractivity contribution in [3.63, 3.8) is 0 Å². The van der Waals surface area contributed by atoms with Crippen molar-refractivity contribution >= 4 is 11.9 Å². The third-order valence-corrected chi connectivity index (χ3v) is 2.78. The maximum atomic E-state index is 11.6. The van der Waals surface area contributed by atoms with E-state index in [9.17, 15) is 9.59 Å². The Morgan fingerprint density at radius 3 is 2.60 bits per heavy atom. The lowest BCUT2D eigenvalue weighted by Gasteiger charge is -2.29. The second-order valence-electron chi connectivity index (χ2n) is 4.97. The van der Waals surface area contributed by atoms with Gasteiger partial charge in [0.15, 0.2) is 0 Å². The van der Waals surface area contributed by atoms with E-state index < -0.39 is 6.04 Å². The van der Waals surface area contributed by atoms with Crippen molar-refractivity contribution in [3.05, 3.63) is 0 Å². The number of hydrogen-bond donors (Lipinski definition) is 1. The molecule has 1 saturated heterocycles. The smallest absolute Gasteiger partial charge is 0.328 e. The van der Waals surface area contributed by atoms with Crippen molar-refractivity contribution < 1.29 is 14.3 Å². The molecule has 1 fully saturated rings. The summed E-state index contributed by atoms with van der Waals surface area (Å²) in [5.74, 6) is -0.361. The van der Waals surface area contributed by atoms with E-state index in [2.05, 4.69) is 5.32 Å². The minimum Gasteiger partial charge on any atom is -0.464 e. The second-order valence-corrected chi connectivity index (χ2v) is 4.97. The third kappa shape index (κ3) is 2.70. The molecule has 4 heteroatoms. The standard InChI is InChI=1S/C11H19NO3/c1-5-15-10(14)9-7(11(2,3)4)6-8(13)12-9/h7,9H,5-6H2,1-4H3,(H,12,13). The van der Waals surface area contributed by atoms with E-state index >= 15 is 0 Å². The van der Waals surface area contributed by atoms with Crippen molar-refractivity contribution in [1.82, 2.24) is 5.32 Å². The number of nitrogens with one attached hydrogen (secondary N) is 1. The Bertz CT molecular complexity index is 267. The van der Waals surface area contributed by atoms with Crippen molar-refractivity contribution in [3.8, 4) is 0 Å². The van der Waals surface area contributed by atoms with Crippen molar-refractivity contribution in [1.29, 1.82) is 0 Å². The zero-order valence-electron chi connectivity index (χ0n) is 9.79. The molecule has 1 rings (SSSR count). The highest BCUT2D eigenvalue weighted by atomic mass is 16.5. The molecule has 0 saturated carbocycles. The molecule has 4 nitrogen and oxygen atoms in total. The number of rotatable bonds is 2. The van der Waals surface area contributed by atoms with Crippen LogP contribution in [0.3, 0.4) is 0 Å². The number of amides is 1. The van der Waals surface area contributed by atoms with Gasteiger partial charge in [-0.25, -0.2) is 4.79 Å². The lowest BCUT2D eigenvalue weighted by Crippen LogP contribution is -2.42. The van der Waals surface area contributed by atoms with Crippen LogP contribution in [0.1, 0.15) is 34.1 Å².